The first-order valence-corrected chi connectivity index (χ1v) is 8.93. The predicted molar refractivity (Wildman–Crippen MR) is 105 cm³/mol. The van der Waals surface area contributed by atoms with Crippen LogP contribution in [0.15, 0.2) is 60.7 Å². The van der Waals surface area contributed by atoms with Gasteiger partial charge in [0, 0.05) is 18.2 Å². The highest BCUT2D eigenvalue weighted by Crippen LogP contribution is 2.18. The topological polar surface area (TPSA) is 98.5 Å². The Labute approximate surface area is 163 Å². The average Bonchev–Trinajstić information content (AvgIpc) is 2.71. The number of benzene rings is 2. The van der Waals surface area contributed by atoms with E-state index >= 15 is 0 Å². The number of carbonyl (C=O) groups excluding carboxylic acids is 2. The van der Waals surface area contributed by atoms with Crippen LogP contribution in [0.25, 0.3) is 6.08 Å². The summed E-state index contributed by atoms with van der Waals surface area (Å²) in [6.07, 6.45) is 4.32. The van der Waals surface area contributed by atoms with Crippen LogP contribution >= 0.6 is 0 Å². The molecule has 7 nitrogen and oxygen atoms in total. The minimum atomic E-state index is -0.666. The van der Waals surface area contributed by atoms with Crippen molar-refractivity contribution in [3.05, 3.63) is 81.9 Å². The molecule has 1 N–H and O–H groups in total. The van der Waals surface area contributed by atoms with Crippen LogP contribution < -0.4 is 5.32 Å². The lowest BCUT2D eigenvalue weighted by atomic mass is 10.0. The van der Waals surface area contributed by atoms with Crippen molar-refractivity contribution in [2.45, 2.75) is 25.8 Å². The minimum Gasteiger partial charge on any atom is -0.452 e. The normalized spacial score (nSPS) is 11.8. The number of nitro groups is 1. The van der Waals surface area contributed by atoms with Crippen molar-refractivity contribution in [3.63, 3.8) is 0 Å². The van der Waals surface area contributed by atoms with Crippen molar-refractivity contribution in [1.29, 1.82) is 0 Å². The van der Waals surface area contributed by atoms with Gasteiger partial charge in [-0.15, -0.1) is 0 Å². The van der Waals surface area contributed by atoms with E-state index in [1.54, 1.807) is 0 Å². The van der Waals surface area contributed by atoms with Crippen molar-refractivity contribution in [3.8, 4) is 0 Å². The zero-order valence-corrected chi connectivity index (χ0v) is 15.5. The Morgan fingerprint density at radius 3 is 2.43 bits per heavy atom. The second-order valence-corrected chi connectivity index (χ2v) is 6.11. The van der Waals surface area contributed by atoms with E-state index in [4.69, 9.17) is 4.74 Å². The molecule has 146 valence electrons. The Balaban J connectivity index is 1.84. The number of hydrogen-bond acceptors (Lipinski definition) is 5. The number of rotatable bonds is 9. The van der Waals surface area contributed by atoms with E-state index in [1.165, 1.54) is 36.4 Å². The molecule has 0 unspecified atom stereocenters. The van der Waals surface area contributed by atoms with Crippen LogP contribution in [0.5, 0.6) is 0 Å². The Kier molecular flexibility index (Phi) is 7.90. The number of ether oxygens (including phenoxy) is 1. The van der Waals surface area contributed by atoms with Crippen LogP contribution in [0.2, 0.25) is 0 Å². The number of nitrogens with zero attached hydrogens (tertiary/aromatic N) is 1. The van der Waals surface area contributed by atoms with Gasteiger partial charge in [0.15, 0.2) is 6.61 Å². The molecule has 0 saturated heterocycles. The van der Waals surface area contributed by atoms with Gasteiger partial charge in [-0.05, 0) is 35.8 Å². The summed E-state index contributed by atoms with van der Waals surface area (Å²) in [6.45, 7) is 1.65. The molecule has 1 atom stereocenters. The summed E-state index contributed by atoms with van der Waals surface area (Å²) in [6, 6.07) is 15.2. The number of non-ortho nitro benzene ring substituents is 1. The molecule has 0 fully saturated rings. The number of hydrogen-bond donors (Lipinski definition) is 1. The van der Waals surface area contributed by atoms with E-state index in [1.807, 2.05) is 37.3 Å². The van der Waals surface area contributed by atoms with Gasteiger partial charge in [0.1, 0.15) is 0 Å². The lowest BCUT2D eigenvalue weighted by Gasteiger charge is -2.18. The van der Waals surface area contributed by atoms with Crippen LogP contribution in [-0.4, -0.2) is 23.4 Å². The molecule has 2 rings (SSSR count). The van der Waals surface area contributed by atoms with E-state index in [-0.39, 0.29) is 24.2 Å². The fourth-order valence-corrected chi connectivity index (χ4v) is 2.59. The Bertz CT molecular complexity index is 832. The number of carbonyl (C=O) groups is 2. The summed E-state index contributed by atoms with van der Waals surface area (Å²) in [7, 11) is 0. The van der Waals surface area contributed by atoms with Crippen LogP contribution in [-0.2, 0) is 14.3 Å². The number of esters is 1. The molecule has 0 aliphatic heterocycles. The van der Waals surface area contributed by atoms with Gasteiger partial charge in [-0.25, -0.2) is 4.79 Å². The number of nitrogens with one attached hydrogen (secondary N) is 1. The summed E-state index contributed by atoms with van der Waals surface area (Å²) < 4.78 is 4.96. The SMILES string of the molecule is CCC[C@H](NC(=O)COC(=O)/C=C/c1ccc([N+](=O)[O-])cc1)c1ccccc1. The quantitative estimate of drug-likeness (QED) is 0.308. The van der Waals surface area contributed by atoms with Crippen molar-refractivity contribution in [1.82, 2.24) is 5.32 Å². The Hall–Kier alpha value is -3.48. The van der Waals surface area contributed by atoms with E-state index < -0.39 is 10.9 Å². The monoisotopic (exact) mass is 382 g/mol. The first-order valence-electron chi connectivity index (χ1n) is 8.93. The number of nitro benzene ring substituents is 1. The highest BCUT2D eigenvalue weighted by atomic mass is 16.6. The molecule has 0 aliphatic carbocycles. The molecule has 0 saturated carbocycles. The molecule has 2 aromatic rings. The Morgan fingerprint density at radius 2 is 1.82 bits per heavy atom. The van der Waals surface area contributed by atoms with Gasteiger partial charge in [0.05, 0.1) is 11.0 Å². The molecule has 0 radical (unpaired) electrons. The summed E-state index contributed by atoms with van der Waals surface area (Å²) in [5.41, 5.74) is 1.58. The molecule has 0 spiro atoms. The fraction of sp³-hybridized carbons (Fsp3) is 0.238. The van der Waals surface area contributed by atoms with Gasteiger partial charge in [-0.3, -0.25) is 14.9 Å². The largest absolute Gasteiger partial charge is 0.452 e. The molecule has 28 heavy (non-hydrogen) atoms. The Morgan fingerprint density at radius 1 is 1.14 bits per heavy atom. The third kappa shape index (κ3) is 6.68. The molecule has 0 bridgehead atoms. The molecular formula is C21H22N2O5. The van der Waals surface area contributed by atoms with Gasteiger partial charge >= 0.3 is 5.97 Å². The first kappa shape index (κ1) is 20.8. The molecule has 7 heteroatoms. The van der Waals surface area contributed by atoms with E-state index in [9.17, 15) is 19.7 Å². The third-order valence-corrected chi connectivity index (χ3v) is 3.98. The summed E-state index contributed by atoms with van der Waals surface area (Å²) >= 11 is 0. The third-order valence-electron chi connectivity index (χ3n) is 3.98. The summed E-state index contributed by atoms with van der Waals surface area (Å²) in [5, 5.41) is 13.5. The molecule has 0 heterocycles. The van der Waals surface area contributed by atoms with Gasteiger partial charge in [-0.2, -0.15) is 0 Å². The van der Waals surface area contributed by atoms with Gasteiger partial charge in [0.2, 0.25) is 0 Å². The lowest BCUT2D eigenvalue weighted by molar-refractivity contribution is -0.384. The molecule has 1 amide bonds. The van der Waals surface area contributed by atoms with Crippen LogP contribution in [0.1, 0.15) is 36.9 Å². The maximum absolute atomic E-state index is 12.1. The maximum Gasteiger partial charge on any atom is 0.331 e. The van der Waals surface area contributed by atoms with Crippen LogP contribution in [0.4, 0.5) is 5.69 Å². The smallest absolute Gasteiger partial charge is 0.331 e. The van der Waals surface area contributed by atoms with E-state index in [0.29, 0.717) is 5.56 Å². The second-order valence-electron chi connectivity index (χ2n) is 6.11. The second kappa shape index (κ2) is 10.6. The maximum atomic E-state index is 12.1. The predicted octanol–water partition coefficient (Wildman–Crippen LogP) is 3.81. The van der Waals surface area contributed by atoms with E-state index in [0.717, 1.165) is 18.4 Å². The standard InChI is InChI=1S/C21H22N2O5/c1-2-6-19(17-7-4-3-5-8-17)22-20(24)15-28-21(25)14-11-16-9-12-18(13-10-16)23(26)27/h3-5,7-14,19H,2,6,15H2,1H3,(H,22,24)/b14-11+/t19-/m0/s1. The van der Waals surface area contributed by atoms with Gasteiger partial charge < -0.3 is 10.1 Å². The van der Waals surface area contributed by atoms with Crippen LogP contribution in [0, 0.1) is 10.1 Å². The average molecular weight is 382 g/mol. The van der Waals surface area contributed by atoms with Gasteiger partial charge in [0.25, 0.3) is 11.6 Å². The van der Waals surface area contributed by atoms with Crippen molar-refractivity contribution < 1.29 is 19.2 Å². The zero-order chi connectivity index (χ0) is 20.4. The molecular weight excluding hydrogens is 360 g/mol. The van der Waals surface area contributed by atoms with E-state index in [2.05, 4.69) is 5.32 Å². The lowest BCUT2D eigenvalue weighted by Crippen LogP contribution is -2.32. The summed E-state index contributed by atoms with van der Waals surface area (Å²) in [4.78, 5) is 34.0. The summed E-state index contributed by atoms with van der Waals surface area (Å²) in [5.74, 6) is -1.04. The fourth-order valence-electron chi connectivity index (χ4n) is 2.59. The highest BCUT2D eigenvalue weighted by Gasteiger charge is 2.14. The van der Waals surface area contributed by atoms with Crippen molar-refractivity contribution >= 4 is 23.6 Å². The molecule has 0 aromatic heterocycles. The minimum absolute atomic E-state index is 0.0311. The zero-order valence-electron chi connectivity index (χ0n) is 15.5. The van der Waals surface area contributed by atoms with Crippen LogP contribution in [0.3, 0.4) is 0 Å². The van der Waals surface area contributed by atoms with Crippen molar-refractivity contribution in [2.24, 2.45) is 0 Å². The van der Waals surface area contributed by atoms with Gasteiger partial charge in [-0.1, -0.05) is 43.7 Å². The number of amides is 1. The first-order chi connectivity index (χ1) is 13.5. The molecule has 0 aliphatic rings. The molecule has 2 aromatic carbocycles. The van der Waals surface area contributed by atoms with Crippen molar-refractivity contribution in [2.75, 3.05) is 6.61 Å². The highest BCUT2D eigenvalue weighted by molar-refractivity contribution is 5.89.